The average Bonchev–Trinajstić information content (AvgIpc) is 2.71. The molecule has 0 aliphatic heterocycles. The zero-order valence-electron chi connectivity index (χ0n) is 8.63. The number of hydrogen-bond acceptors (Lipinski definition) is 3. The number of aryl methyl sites for hydroxylation is 1. The van der Waals surface area contributed by atoms with E-state index in [9.17, 15) is 8.78 Å². The van der Waals surface area contributed by atoms with Crippen molar-refractivity contribution in [3.8, 4) is 11.3 Å². The Hall–Kier alpha value is -1.75. The molecule has 0 fully saturated rings. The number of benzene rings is 1. The van der Waals surface area contributed by atoms with Gasteiger partial charge in [0.25, 0.3) is 0 Å². The molecule has 84 valence electrons. The van der Waals surface area contributed by atoms with Crippen molar-refractivity contribution in [3.05, 3.63) is 41.4 Å². The van der Waals surface area contributed by atoms with Gasteiger partial charge in [-0.05, 0) is 18.6 Å². The third kappa shape index (κ3) is 1.69. The highest BCUT2D eigenvalue weighted by atomic mass is 19.1. The first-order chi connectivity index (χ1) is 7.63. The SMILES string of the molecule is Cc1cc(-c2ocnc2CN)c(F)cc1F. The van der Waals surface area contributed by atoms with Crippen molar-refractivity contribution in [2.75, 3.05) is 0 Å². The van der Waals surface area contributed by atoms with Crippen LogP contribution in [0.5, 0.6) is 0 Å². The first kappa shape index (κ1) is 10.8. The molecule has 0 unspecified atom stereocenters. The molecule has 0 aliphatic carbocycles. The van der Waals surface area contributed by atoms with Crippen molar-refractivity contribution in [2.45, 2.75) is 13.5 Å². The number of nitrogens with two attached hydrogens (primary N) is 1. The van der Waals surface area contributed by atoms with E-state index in [1.807, 2.05) is 0 Å². The maximum atomic E-state index is 13.5. The van der Waals surface area contributed by atoms with Crippen LogP contribution in [0, 0.1) is 18.6 Å². The zero-order valence-corrected chi connectivity index (χ0v) is 8.63. The van der Waals surface area contributed by atoms with Crippen molar-refractivity contribution >= 4 is 0 Å². The summed E-state index contributed by atoms with van der Waals surface area (Å²) in [6.07, 6.45) is 1.19. The van der Waals surface area contributed by atoms with Crippen LogP contribution < -0.4 is 5.73 Å². The molecule has 2 rings (SSSR count). The molecule has 16 heavy (non-hydrogen) atoms. The number of nitrogens with zero attached hydrogens (tertiary/aromatic N) is 1. The maximum absolute atomic E-state index is 13.5. The van der Waals surface area contributed by atoms with E-state index in [0.717, 1.165) is 6.07 Å². The third-order valence-corrected chi connectivity index (χ3v) is 2.33. The lowest BCUT2D eigenvalue weighted by molar-refractivity contribution is 0.551. The van der Waals surface area contributed by atoms with Gasteiger partial charge in [0.15, 0.2) is 12.2 Å². The Labute approximate surface area is 90.9 Å². The van der Waals surface area contributed by atoms with Gasteiger partial charge in [-0.1, -0.05) is 0 Å². The van der Waals surface area contributed by atoms with Crippen molar-refractivity contribution in [3.63, 3.8) is 0 Å². The summed E-state index contributed by atoms with van der Waals surface area (Å²) in [6, 6.07) is 2.21. The highest BCUT2D eigenvalue weighted by molar-refractivity contribution is 5.61. The van der Waals surface area contributed by atoms with E-state index < -0.39 is 11.6 Å². The van der Waals surface area contributed by atoms with E-state index in [1.165, 1.54) is 12.5 Å². The predicted molar refractivity (Wildman–Crippen MR) is 54.5 cm³/mol. The molecule has 5 heteroatoms. The number of rotatable bonds is 2. The van der Waals surface area contributed by atoms with E-state index >= 15 is 0 Å². The molecule has 1 aromatic heterocycles. The molecule has 0 atom stereocenters. The van der Waals surface area contributed by atoms with Gasteiger partial charge in [-0.15, -0.1) is 0 Å². The van der Waals surface area contributed by atoms with Gasteiger partial charge in [0.05, 0.1) is 5.56 Å². The fraction of sp³-hybridized carbons (Fsp3) is 0.182. The van der Waals surface area contributed by atoms with Crippen LogP contribution in [0.3, 0.4) is 0 Å². The summed E-state index contributed by atoms with van der Waals surface area (Å²) in [6.45, 7) is 1.69. The average molecular weight is 224 g/mol. The topological polar surface area (TPSA) is 52.0 Å². The normalized spacial score (nSPS) is 10.8. The molecule has 0 bridgehead atoms. The van der Waals surface area contributed by atoms with E-state index in [4.69, 9.17) is 10.2 Å². The second-order valence-corrected chi connectivity index (χ2v) is 3.41. The van der Waals surface area contributed by atoms with Crippen LogP contribution in [0.15, 0.2) is 22.9 Å². The molecule has 0 radical (unpaired) electrons. The van der Waals surface area contributed by atoms with Crippen molar-refractivity contribution in [1.29, 1.82) is 0 Å². The van der Waals surface area contributed by atoms with E-state index in [1.54, 1.807) is 6.92 Å². The summed E-state index contributed by atoms with van der Waals surface area (Å²) < 4.78 is 31.7. The van der Waals surface area contributed by atoms with Crippen molar-refractivity contribution in [2.24, 2.45) is 5.73 Å². The van der Waals surface area contributed by atoms with Crippen LogP contribution in [0.25, 0.3) is 11.3 Å². The lowest BCUT2D eigenvalue weighted by Gasteiger charge is -2.04. The quantitative estimate of drug-likeness (QED) is 0.852. The first-order valence-corrected chi connectivity index (χ1v) is 4.72. The molecule has 1 aromatic carbocycles. The zero-order chi connectivity index (χ0) is 11.7. The Morgan fingerprint density at radius 3 is 2.75 bits per heavy atom. The van der Waals surface area contributed by atoms with Crippen LogP contribution in [-0.4, -0.2) is 4.98 Å². The highest BCUT2D eigenvalue weighted by Gasteiger charge is 2.15. The monoisotopic (exact) mass is 224 g/mol. The Balaban J connectivity index is 2.60. The number of aromatic nitrogens is 1. The summed E-state index contributed by atoms with van der Waals surface area (Å²) >= 11 is 0. The second kappa shape index (κ2) is 4.02. The largest absolute Gasteiger partial charge is 0.443 e. The smallest absolute Gasteiger partial charge is 0.181 e. The molecular formula is C11H10F2N2O. The molecule has 0 spiro atoms. The van der Waals surface area contributed by atoms with Gasteiger partial charge >= 0.3 is 0 Å². The fourth-order valence-electron chi connectivity index (χ4n) is 1.46. The summed E-state index contributed by atoms with van der Waals surface area (Å²) in [4.78, 5) is 3.85. The van der Waals surface area contributed by atoms with E-state index in [2.05, 4.69) is 4.98 Å². The summed E-state index contributed by atoms with van der Waals surface area (Å²) in [5.74, 6) is -1.02. The number of hydrogen-bond donors (Lipinski definition) is 1. The summed E-state index contributed by atoms with van der Waals surface area (Å²) in [5, 5.41) is 0. The second-order valence-electron chi connectivity index (χ2n) is 3.41. The Morgan fingerprint density at radius 1 is 1.31 bits per heavy atom. The minimum atomic E-state index is -0.686. The number of halogens is 2. The molecule has 1 heterocycles. The van der Waals surface area contributed by atoms with Gasteiger partial charge < -0.3 is 10.2 Å². The minimum absolute atomic E-state index is 0.141. The first-order valence-electron chi connectivity index (χ1n) is 4.72. The standard InChI is InChI=1S/C11H10F2N2O/c1-6-2-7(9(13)3-8(6)12)11-10(4-14)15-5-16-11/h2-3,5H,4,14H2,1H3. The van der Waals surface area contributed by atoms with Gasteiger partial charge in [0.2, 0.25) is 0 Å². The number of oxazole rings is 1. The van der Waals surface area contributed by atoms with Gasteiger partial charge in [-0.25, -0.2) is 13.8 Å². The van der Waals surface area contributed by atoms with Crippen molar-refractivity contribution in [1.82, 2.24) is 4.98 Å². The molecule has 0 aliphatic rings. The Kier molecular flexibility index (Phi) is 2.70. The van der Waals surface area contributed by atoms with Gasteiger partial charge in [-0.3, -0.25) is 0 Å². The van der Waals surface area contributed by atoms with Crippen LogP contribution in [0.2, 0.25) is 0 Å². The molecule has 0 saturated heterocycles. The molecule has 0 amide bonds. The Morgan fingerprint density at radius 2 is 2.06 bits per heavy atom. The van der Waals surface area contributed by atoms with Crippen LogP contribution >= 0.6 is 0 Å². The third-order valence-electron chi connectivity index (χ3n) is 2.33. The molecule has 3 nitrogen and oxygen atoms in total. The summed E-state index contributed by atoms with van der Waals surface area (Å²) in [5.41, 5.74) is 6.40. The van der Waals surface area contributed by atoms with Crippen LogP contribution in [-0.2, 0) is 6.54 Å². The molecule has 0 saturated carbocycles. The van der Waals surface area contributed by atoms with Gasteiger partial charge in [0.1, 0.15) is 17.3 Å². The maximum Gasteiger partial charge on any atom is 0.181 e. The van der Waals surface area contributed by atoms with E-state index in [0.29, 0.717) is 11.3 Å². The molecular weight excluding hydrogens is 214 g/mol. The van der Waals surface area contributed by atoms with E-state index in [-0.39, 0.29) is 17.9 Å². The summed E-state index contributed by atoms with van der Waals surface area (Å²) in [7, 11) is 0. The van der Waals surface area contributed by atoms with Gasteiger partial charge in [-0.2, -0.15) is 0 Å². The predicted octanol–water partition coefficient (Wildman–Crippen LogP) is 2.39. The lowest BCUT2D eigenvalue weighted by atomic mass is 10.1. The molecule has 2 N–H and O–H groups in total. The van der Waals surface area contributed by atoms with Gasteiger partial charge in [0, 0.05) is 12.6 Å². The molecule has 2 aromatic rings. The van der Waals surface area contributed by atoms with Crippen LogP contribution in [0.1, 0.15) is 11.3 Å². The fourth-order valence-corrected chi connectivity index (χ4v) is 1.46. The van der Waals surface area contributed by atoms with Crippen LogP contribution in [0.4, 0.5) is 8.78 Å². The lowest BCUT2D eigenvalue weighted by Crippen LogP contribution is -1.99. The highest BCUT2D eigenvalue weighted by Crippen LogP contribution is 2.27. The van der Waals surface area contributed by atoms with Crippen molar-refractivity contribution < 1.29 is 13.2 Å². The minimum Gasteiger partial charge on any atom is -0.443 e. The Bertz CT molecular complexity index is 523.